The number of amides is 1. The molecule has 5 aromatic carbocycles. The van der Waals surface area contributed by atoms with E-state index in [2.05, 4.69) is 5.32 Å². The molecule has 1 amide bonds. The van der Waals surface area contributed by atoms with Crippen LogP contribution in [0, 0.1) is 0 Å². The molecule has 1 saturated heterocycles. The normalized spacial score (nSPS) is 19.9. The van der Waals surface area contributed by atoms with Crippen LogP contribution >= 0.6 is 0 Å². The molecule has 0 saturated carbocycles. The summed E-state index contributed by atoms with van der Waals surface area (Å²) in [6.07, 6.45) is -2.98. The predicted octanol–water partition coefficient (Wildman–Crippen LogP) is 6.90. The van der Waals surface area contributed by atoms with Gasteiger partial charge in [-0.25, -0.2) is 4.79 Å². The molecule has 9 nitrogen and oxygen atoms in total. The van der Waals surface area contributed by atoms with Crippen molar-refractivity contribution in [3.63, 3.8) is 0 Å². The van der Waals surface area contributed by atoms with E-state index in [1.165, 1.54) is 6.92 Å². The van der Waals surface area contributed by atoms with Crippen molar-refractivity contribution in [1.82, 2.24) is 5.32 Å². The summed E-state index contributed by atoms with van der Waals surface area (Å²) < 4.78 is 38.1. The van der Waals surface area contributed by atoms with Crippen LogP contribution in [0.3, 0.4) is 0 Å². The highest BCUT2D eigenvalue weighted by Crippen LogP contribution is 2.31. The van der Waals surface area contributed by atoms with Crippen LogP contribution in [-0.4, -0.2) is 49.1 Å². The standard InChI is InChI=1S/C42H41NO8/c1-30(44)43-38-40(48-28-33-18-10-4-11-19-33)39(47-27-32-16-8-3-9-17-32)37(29-46-26-31-14-6-2-7-15-31)51-42(38)50-36-24-22-35(23-25-36)49-41(45)34-20-12-5-13-21-34/h2-25,37-40,42H,26-29H2,1H3,(H,43,44)/t37-,38-,39-,40-,42+/m1/s1. The molecule has 1 heterocycles. The van der Waals surface area contributed by atoms with Crippen molar-refractivity contribution in [3.05, 3.63) is 168 Å². The molecule has 0 aliphatic carbocycles. The van der Waals surface area contributed by atoms with Crippen LogP contribution < -0.4 is 14.8 Å². The van der Waals surface area contributed by atoms with Crippen molar-refractivity contribution in [2.45, 2.75) is 57.4 Å². The minimum atomic E-state index is -0.991. The van der Waals surface area contributed by atoms with Gasteiger partial charge in [0.2, 0.25) is 12.2 Å². The van der Waals surface area contributed by atoms with Crippen LogP contribution in [0.25, 0.3) is 0 Å². The minimum Gasteiger partial charge on any atom is -0.463 e. The monoisotopic (exact) mass is 687 g/mol. The molecule has 0 aromatic heterocycles. The highest BCUT2D eigenvalue weighted by atomic mass is 16.7. The highest BCUT2D eigenvalue weighted by Gasteiger charge is 2.49. The van der Waals surface area contributed by atoms with Crippen LogP contribution in [0.5, 0.6) is 11.5 Å². The smallest absolute Gasteiger partial charge is 0.343 e. The van der Waals surface area contributed by atoms with Gasteiger partial charge in [-0.1, -0.05) is 109 Å². The van der Waals surface area contributed by atoms with Crippen molar-refractivity contribution in [1.29, 1.82) is 0 Å². The molecule has 1 aliphatic heterocycles. The Labute approximate surface area is 298 Å². The number of nitrogens with one attached hydrogen (secondary N) is 1. The number of esters is 1. The maximum absolute atomic E-state index is 12.7. The molecular formula is C42H41NO8. The van der Waals surface area contributed by atoms with Gasteiger partial charge in [0.05, 0.1) is 32.0 Å². The Morgan fingerprint density at radius 2 is 1.10 bits per heavy atom. The first-order chi connectivity index (χ1) is 25.0. The van der Waals surface area contributed by atoms with E-state index in [-0.39, 0.29) is 25.7 Å². The van der Waals surface area contributed by atoms with E-state index >= 15 is 0 Å². The topological polar surface area (TPSA) is 102 Å². The van der Waals surface area contributed by atoms with Gasteiger partial charge in [0.1, 0.15) is 35.9 Å². The van der Waals surface area contributed by atoms with Crippen LogP contribution in [0.2, 0.25) is 0 Å². The number of benzene rings is 5. The third-order valence-corrected chi connectivity index (χ3v) is 8.28. The summed E-state index contributed by atoms with van der Waals surface area (Å²) in [6.45, 7) is 2.53. The molecule has 1 fully saturated rings. The van der Waals surface area contributed by atoms with Gasteiger partial charge in [-0.2, -0.15) is 0 Å². The molecule has 0 bridgehead atoms. The summed E-state index contributed by atoms with van der Waals surface area (Å²) in [5.41, 5.74) is 3.40. The van der Waals surface area contributed by atoms with Crippen molar-refractivity contribution in [2.75, 3.05) is 6.61 Å². The van der Waals surface area contributed by atoms with Gasteiger partial charge in [0.25, 0.3) is 0 Å². The fraction of sp³-hybridized carbons (Fsp3) is 0.238. The second kappa shape index (κ2) is 18.1. The van der Waals surface area contributed by atoms with Gasteiger partial charge >= 0.3 is 5.97 Å². The number of hydrogen-bond donors (Lipinski definition) is 1. The summed E-state index contributed by atoms with van der Waals surface area (Å²) in [7, 11) is 0. The molecule has 262 valence electrons. The zero-order valence-corrected chi connectivity index (χ0v) is 28.3. The van der Waals surface area contributed by atoms with Crippen molar-refractivity contribution >= 4 is 11.9 Å². The lowest BCUT2D eigenvalue weighted by Crippen LogP contribution is -2.66. The lowest BCUT2D eigenvalue weighted by molar-refractivity contribution is -0.270. The minimum absolute atomic E-state index is 0.167. The molecule has 5 atom stereocenters. The maximum Gasteiger partial charge on any atom is 0.343 e. The largest absolute Gasteiger partial charge is 0.463 e. The Morgan fingerprint density at radius 3 is 1.65 bits per heavy atom. The van der Waals surface area contributed by atoms with E-state index in [1.54, 1.807) is 48.5 Å². The van der Waals surface area contributed by atoms with E-state index in [1.807, 2.05) is 97.1 Å². The summed E-state index contributed by atoms with van der Waals surface area (Å²) in [4.78, 5) is 25.3. The summed E-state index contributed by atoms with van der Waals surface area (Å²) in [6, 6.07) is 44.2. The van der Waals surface area contributed by atoms with Gasteiger partial charge in [0.15, 0.2) is 0 Å². The first kappa shape index (κ1) is 35.5. The molecule has 5 aromatic rings. The number of hydrogen-bond acceptors (Lipinski definition) is 8. The van der Waals surface area contributed by atoms with Gasteiger partial charge in [-0.05, 0) is 53.1 Å². The summed E-state index contributed by atoms with van der Waals surface area (Å²) in [5.74, 6) is 0.0345. The number of ether oxygens (including phenoxy) is 6. The summed E-state index contributed by atoms with van der Waals surface area (Å²) in [5, 5.41) is 3.02. The van der Waals surface area contributed by atoms with Crippen LogP contribution in [0.4, 0.5) is 0 Å². The maximum atomic E-state index is 12.7. The van der Waals surface area contributed by atoms with Crippen LogP contribution in [0.15, 0.2) is 146 Å². The van der Waals surface area contributed by atoms with Gasteiger partial charge in [-0.15, -0.1) is 0 Å². The van der Waals surface area contributed by atoms with Gasteiger partial charge in [-0.3, -0.25) is 4.79 Å². The Bertz CT molecular complexity index is 1790. The first-order valence-corrected chi connectivity index (χ1v) is 16.9. The van der Waals surface area contributed by atoms with E-state index in [4.69, 9.17) is 28.4 Å². The van der Waals surface area contributed by atoms with Crippen LogP contribution in [0.1, 0.15) is 34.0 Å². The van der Waals surface area contributed by atoms with Gasteiger partial charge < -0.3 is 33.7 Å². The Balaban J connectivity index is 1.26. The zero-order valence-electron chi connectivity index (χ0n) is 28.3. The molecule has 1 aliphatic rings. The third kappa shape index (κ3) is 10.3. The highest BCUT2D eigenvalue weighted by molar-refractivity contribution is 5.90. The molecular weight excluding hydrogens is 646 g/mol. The second-order valence-corrected chi connectivity index (χ2v) is 12.1. The fourth-order valence-electron chi connectivity index (χ4n) is 5.79. The average Bonchev–Trinajstić information content (AvgIpc) is 3.16. The van der Waals surface area contributed by atoms with Crippen LogP contribution in [-0.2, 0) is 43.6 Å². The van der Waals surface area contributed by atoms with Gasteiger partial charge in [0, 0.05) is 6.92 Å². The Kier molecular flexibility index (Phi) is 12.6. The Hall–Kier alpha value is -5.32. The first-order valence-electron chi connectivity index (χ1n) is 16.9. The fourth-order valence-corrected chi connectivity index (χ4v) is 5.79. The Morgan fingerprint density at radius 1 is 0.608 bits per heavy atom. The zero-order chi connectivity index (χ0) is 35.3. The van der Waals surface area contributed by atoms with Crippen molar-refractivity contribution in [2.24, 2.45) is 0 Å². The summed E-state index contributed by atoms with van der Waals surface area (Å²) >= 11 is 0. The lowest BCUT2D eigenvalue weighted by Gasteiger charge is -2.46. The van der Waals surface area contributed by atoms with E-state index in [9.17, 15) is 9.59 Å². The number of rotatable bonds is 15. The number of carbonyl (C=O) groups excluding carboxylic acids is 2. The molecule has 51 heavy (non-hydrogen) atoms. The van der Waals surface area contributed by atoms with E-state index in [0.29, 0.717) is 23.7 Å². The molecule has 9 heteroatoms. The molecule has 0 unspecified atom stereocenters. The lowest BCUT2D eigenvalue weighted by atomic mass is 9.95. The predicted molar refractivity (Wildman–Crippen MR) is 191 cm³/mol. The van der Waals surface area contributed by atoms with Crippen molar-refractivity contribution < 1.29 is 38.0 Å². The molecule has 1 N–H and O–H groups in total. The number of carbonyl (C=O) groups is 2. The quantitative estimate of drug-likeness (QED) is 0.0937. The molecule has 0 radical (unpaired) electrons. The van der Waals surface area contributed by atoms with E-state index in [0.717, 1.165) is 16.7 Å². The van der Waals surface area contributed by atoms with Crippen molar-refractivity contribution in [3.8, 4) is 11.5 Å². The van der Waals surface area contributed by atoms with E-state index < -0.39 is 36.6 Å². The average molecular weight is 688 g/mol. The SMILES string of the molecule is CC(=O)N[C@H]1[C@@H](Oc2ccc(OC(=O)c3ccccc3)cc2)O[C@H](COCc2ccccc2)[C@@H](OCc2ccccc2)[C@@H]1OCc1ccccc1. The third-order valence-electron chi connectivity index (χ3n) is 8.28. The molecule has 0 spiro atoms. The second-order valence-electron chi connectivity index (χ2n) is 12.1. The molecule has 6 rings (SSSR count).